The Morgan fingerprint density at radius 3 is 2.47 bits per heavy atom. The van der Waals surface area contributed by atoms with E-state index in [9.17, 15) is 19.8 Å². The van der Waals surface area contributed by atoms with E-state index < -0.39 is 11.2 Å². The number of carbonyl (C=O) groups is 1. The van der Waals surface area contributed by atoms with Crippen molar-refractivity contribution in [3.05, 3.63) is 58.1 Å². The molecule has 1 aliphatic heterocycles. The van der Waals surface area contributed by atoms with Crippen molar-refractivity contribution in [1.29, 1.82) is 0 Å². The van der Waals surface area contributed by atoms with Gasteiger partial charge in [-0.15, -0.1) is 0 Å². The molecule has 170 valence electrons. The lowest BCUT2D eigenvalue weighted by atomic mass is 9.90. The maximum absolute atomic E-state index is 13.1. The van der Waals surface area contributed by atoms with Gasteiger partial charge in [-0.25, -0.2) is 4.68 Å². The van der Waals surface area contributed by atoms with E-state index >= 15 is 0 Å². The average Bonchev–Trinajstić information content (AvgIpc) is 3.15. The molecule has 9 heteroatoms. The number of benzene rings is 1. The predicted octanol–water partition coefficient (Wildman–Crippen LogP) is 2.36. The van der Waals surface area contributed by atoms with Crippen molar-refractivity contribution in [2.24, 2.45) is 0 Å². The first-order valence-corrected chi connectivity index (χ1v) is 11.0. The van der Waals surface area contributed by atoms with Crippen LogP contribution in [-0.4, -0.2) is 59.7 Å². The molecule has 0 bridgehead atoms. The molecule has 1 aliphatic rings. The van der Waals surface area contributed by atoms with Crippen LogP contribution < -0.4 is 5.56 Å². The molecule has 3 heterocycles. The van der Waals surface area contributed by atoms with E-state index in [1.807, 2.05) is 18.2 Å². The summed E-state index contributed by atoms with van der Waals surface area (Å²) in [5.74, 6) is -0.132. The summed E-state index contributed by atoms with van der Waals surface area (Å²) < 4.78 is 3.18. The van der Waals surface area contributed by atoms with Gasteiger partial charge in [0.2, 0.25) is 5.91 Å². The number of carbonyl (C=O) groups excluding carboxylic acids is 1. The van der Waals surface area contributed by atoms with Crippen molar-refractivity contribution in [1.82, 2.24) is 19.2 Å². The number of likely N-dealkylation sites (tertiary alicyclic amines) is 1. The summed E-state index contributed by atoms with van der Waals surface area (Å²) in [6.45, 7) is 4.11. The highest BCUT2D eigenvalue weighted by atomic mass is 35.5. The number of rotatable bonds is 5. The summed E-state index contributed by atoms with van der Waals surface area (Å²) >= 11 is 5.96. The lowest BCUT2D eigenvalue weighted by Gasteiger charge is -2.39. The van der Waals surface area contributed by atoms with Gasteiger partial charge < -0.3 is 19.7 Å². The zero-order chi connectivity index (χ0) is 23.1. The molecule has 2 aromatic heterocycles. The van der Waals surface area contributed by atoms with E-state index in [0.29, 0.717) is 41.9 Å². The van der Waals surface area contributed by atoms with Crippen LogP contribution in [0.2, 0.25) is 5.02 Å². The van der Waals surface area contributed by atoms with Gasteiger partial charge in [0.05, 0.1) is 47.0 Å². The molecular weight excluding hydrogens is 432 g/mol. The maximum Gasteiger partial charge on any atom is 0.261 e. The minimum absolute atomic E-state index is 0.0408. The molecule has 32 heavy (non-hydrogen) atoms. The number of amides is 1. The van der Waals surface area contributed by atoms with Crippen LogP contribution in [0.5, 0.6) is 0 Å². The SMILES string of the molecule is CC(C)(O)CC(=O)N1CCC(O)(Cn2ccc3c(cnn3-c3ccc(Cl)cc3)c2=O)CC1. The van der Waals surface area contributed by atoms with E-state index in [1.165, 1.54) is 10.8 Å². The molecule has 0 unspecified atom stereocenters. The molecule has 1 saturated heterocycles. The highest BCUT2D eigenvalue weighted by Gasteiger charge is 2.35. The standard InChI is InChI=1S/C23H27ClN4O4/c1-22(2,31)13-20(29)26-11-8-23(32,9-12-26)15-27-10-7-19-18(21(27)30)14-25-28(19)17-5-3-16(24)4-6-17/h3-7,10,14,31-32H,8-9,11-13,15H2,1-2H3. The normalized spacial score (nSPS) is 16.5. The first-order chi connectivity index (χ1) is 15.0. The van der Waals surface area contributed by atoms with Crippen LogP contribution in [-0.2, 0) is 11.3 Å². The van der Waals surface area contributed by atoms with Gasteiger partial charge in [0.1, 0.15) is 0 Å². The number of fused-ring (bicyclic) bond motifs is 1. The van der Waals surface area contributed by atoms with Crippen LogP contribution in [0.3, 0.4) is 0 Å². The Labute approximate surface area is 190 Å². The van der Waals surface area contributed by atoms with Crippen LogP contribution in [0.1, 0.15) is 33.1 Å². The minimum atomic E-state index is -1.09. The smallest absolute Gasteiger partial charge is 0.261 e. The van der Waals surface area contributed by atoms with Crippen molar-refractivity contribution in [2.75, 3.05) is 13.1 Å². The van der Waals surface area contributed by atoms with Crippen LogP contribution in [0.4, 0.5) is 0 Å². The van der Waals surface area contributed by atoms with Crippen LogP contribution in [0.15, 0.2) is 47.5 Å². The van der Waals surface area contributed by atoms with Gasteiger partial charge in [-0.05, 0) is 57.0 Å². The molecule has 0 aliphatic carbocycles. The first-order valence-electron chi connectivity index (χ1n) is 10.6. The Balaban J connectivity index is 1.50. The van der Waals surface area contributed by atoms with Gasteiger partial charge in [0.25, 0.3) is 5.56 Å². The second-order valence-electron chi connectivity index (χ2n) is 9.17. The fourth-order valence-corrected chi connectivity index (χ4v) is 4.23. The molecule has 4 rings (SSSR count). The van der Waals surface area contributed by atoms with E-state index in [2.05, 4.69) is 5.10 Å². The molecule has 2 N–H and O–H groups in total. The number of piperidine rings is 1. The molecule has 1 amide bonds. The molecule has 0 saturated carbocycles. The lowest BCUT2D eigenvalue weighted by Crippen LogP contribution is -2.50. The Morgan fingerprint density at radius 1 is 1.19 bits per heavy atom. The minimum Gasteiger partial charge on any atom is -0.390 e. The molecule has 0 spiro atoms. The summed E-state index contributed by atoms with van der Waals surface area (Å²) in [4.78, 5) is 27.1. The van der Waals surface area contributed by atoms with Crippen molar-refractivity contribution in [3.63, 3.8) is 0 Å². The number of aliphatic hydroxyl groups is 2. The Bertz CT molecular complexity index is 1190. The third-order valence-electron chi connectivity index (χ3n) is 5.88. The van der Waals surface area contributed by atoms with Crippen LogP contribution in [0, 0.1) is 0 Å². The number of nitrogens with zero attached hydrogens (tertiary/aromatic N) is 4. The van der Waals surface area contributed by atoms with Gasteiger partial charge >= 0.3 is 0 Å². The largest absolute Gasteiger partial charge is 0.390 e. The summed E-state index contributed by atoms with van der Waals surface area (Å²) in [6, 6.07) is 9.00. The van der Waals surface area contributed by atoms with Crippen molar-refractivity contribution in [2.45, 2.75) is 50.9 Å². The second kappa shape index (κ2) is 8.35. The summed E-state index contributed by atoms with van der Waals surface area (Å²) in [5.41, 5.74) is -0.910. The predicted molar refractivity (Wildman–Crippen MR) is 122 cm³/mol. The molecule has 1 aromatic carbocycles. The molecule has 0 atom stereocenters. The first kappa shape index (κ1) is 22.5. The highest BCUT2D eigenvalue weighted by molar-refractivity contribution is 6.30. The van der Waals surface area contributed by atoms with Crippen LogP contribution >= 0.6 is 11.6 Å². The molecule has 1 fully saturated rings. The number of aromatic nitrogens is 3. The number of pyridine rings is 1. The molecule has 3 aromatic rings. The molecular formula is C23H27ClN4O4. The maximum atomic E-state index is 13.1. The Kier molecular flexibility index (Phi) is 5.87. The third kappa shape index (κ3) is 4.72. The summed E-state index contributed by atoms with van der Waals surface area (Å²) in [5, 5.41) is 26.4. The summed E-state index contributed by atoms with van der Waals surface area (Å²) in [6.07, 6.45) is 3.96. The molecule has 8 nitrogen and oxygen atoms in total. The fraction of sp³-hybridized carbons (Fsp3) is 0.435. The topological polar surface area (TPSA) is 101 Å². The number of hydrogen-bond acceptors (Lipinski definition) is 5. The zero-order valence-corrected chi connectivity index (χ0v) is 18.9. The second-order valence-corrected chi connectivity index (χ2v) is 9.61. The Hall–Kier alpha value is -2.68. The van der Waals surface area contributed by atoms with Crippen molar-refractivity contribution in [3.8, 4) is 5.69 Å². The van der Waals surface area contributed by atoms with E-state index in [1.54, 1.807) is 41.8 Å². The lowest BCUT2D eigenvalue weighted by molar-refractivity contribution is -0.139. The van der Waals surface area contributed by atoms with Gasteiger partial charge in [-0.3, -0.25) is 9.59 Å². The van der Waals surface area contributed by atoms with E-state index in [4.69, 9.17) is 11.6 Å². The average molecular weight is 459 g/mol. The van der Waals surface area contributed by atoms with E-state index in [-0.39, 0.29) is 24.4 Å². The van der Waals surface area contributed by atoms with Gasteiger partial charge in [0.15, 0.2) is 0 Å². The van der Waals surface area contributed by atoms with Crippen LogP contribution in [0.25, 0.3) is 16.6 Å². The van der Waals surface area contributed by atoms with Crippen molar-refractivity contribution < 1.29 is 15.0 Å². The monoisotopic (exact) mass is 458 g/mol. The van der Waals surface area contributed by atoms with Gasteiger partial charge in [-0.2, -0.15) is 5.10 Å². The summed E-state index contributed by atoms with van der Waals surface area (Å²) in [7, 11) is 0. The number of halogens is 1. The third-order valence-corrected chi connectivity index (χ3v) is 6.13. The van der Waals surface area contributed by atoms with E-state index in [0.717, 1.165) is 5.69 Å². The fourth-order valence-electron chi connectivity index (χ4n) is 4.11. The molecule has 0 radical (unpaired) electrons. The highest BCUT2D eigenvalue weighted by Crippen LogP contribution is 2.26. The zero-order valence-electron chi connectivity index (χ0n) is 18.2. The quantitative estimate of drug-likeness (QED) is 0.611. The van der Waals surface area contributed by atoms with Gasteiger partial charge in [0, 0.05) is 24.3 Å². The number of hydrogen-bond donors (Lipinski definition) is 2. The van der Waals surface area contributed by atoms with Crippen molar-refractivity contribution >= 4 is 28.4 Å². The Morgan fingerprint density at radius 2 is 1.84 bits per heavy atom. The van der Waals surface area contributed by atoms with Gasteiger partial charge in [-0.1, -0.05) is 11.6 Å².